The van der Waals surface area contributed by atoms with Gasteiger partial charge in [0.05, 0.1) is 18.7 Å². The first-order valence-electron chi connectivity index (χ1n) is 6.19. The van der Waals surface area contributed by atoms with Crippen LogP contribution < -0.4 is 0 Å². The lowest BCUT2D eigenvalue weighted by Gasteiger charge is -2.03. The Hall–Kier alpha value is -2.21. The van der Waals surface area contributed by atoms with Crippen molar-refractivity contribution in [2.45, 2.75) is 13.5 Å². The SMILES string of the molecule is CCOC(=O)c1nn(Cc2cccc(F)c2)c(Cl)c1C=O. The van der Waals surface area contributed by atoms with Crippen molar-refractivity contribution in [1.82, 2.24) is 9.78 Å². The number of benzene rings is 1. The quantitative estimate of drug-likeness (QED) is 0.629. The lowest BCUT2D eigenvalue weighted by Crippen LogP contribution is -2.09. The van der Waals surface area contributed by atoms with E-state index < -0.39 is 11.8 Å². The molecule has 0 fully saturated rings. The van der Waals surface area contributed by atoms with Gasteiger partial charge in [-0.3, -0.25) is 4.79 Å². The fraction of sp³-hybridized carbons (Fsp3) is 0.214. The fourth-order valence-corrected chi connectivity index (χ4v) is 2.05. The molecule has 0 N–H and O–H groups in total. The first-order valence-corrected chi connectivity index (χ1v) is 6.57. The molecule has 5 nitrogen and oxygen atoms in total. The number of nitrogens with zero attached hydrogens (tertiary/aromatic N) is 2. The molecule has 2 rings (SSSR count). The van der Waals surface area contributed by atoms with E-state index in [1.807, 2.05) is 0 Å². The molecule has 0 radical (unpaired) electrons. The molecule has 0 aliphatic carbocycles. The third-order valence-corrected chi connectivity index (χ3v) is 3.13. The summed E-state index contributed by atoms with van der Waals surface area (Å²) in [6.45, 7) is 1.94. The van der Waals surface area contributed by atoms with Crippen LogP contribution in [0.15, 0.2) is 24.3 Å². The summed E-state index contributed by atoms with van der Waals surface area (Å²) in [5.41, 5.74) is 0.423. The first kappa shape index (κ1) is 15.2. The summed E-state index contributed by atoms with van der Waals surface area (Å²) in [6, 6.07) is 5.87. The maximum Gasteiger partial charge on any atom is 0.359 e. The van der Waals surface area contributed by atoms with Crippen molar-refractivity contribution in [1.29, 1.82) is 0 Å². The van der Waals surface area contributed by atoms with Gasteiger partial charge in [0, 0.05) is 0 Å². The molecule has 0 aliphatic rings. The number of aldehydes is 1. The van der Waals surface area contributed by atoms with Crippen molar-refractivity contribution in [3.8, 4) is 0 Å². The zero-order chi connectivity index (χ0) is 15.4. The standard InChI is InChI=1S/C14H12ClFN2O3/c1-2-21-14(20)12-11(8-19)13(15)18(17-12)7-9-4-3-5-10(16)6-9/h3-6,8H,2,7H2,1H3. The van der Waals surface area contributed by atoms with Gasteiger partial charge in [0.2, 0.25) is 0 Å². The maximum absolute atomic E-state index is 13.2. The number of esters is 1. The van der Waals surface area contributed by atoms with Crippen LogP contribution in [0.2, 0.25) is 5.15 Å². The molecule has 0 bridgehead atoms. The Labute approximate surface area is 125 Å². The molecule has 0 aliphatic heterocycles. The van der Waals surface area contributed by atoms with Crippen molar-refractivity contribution in [3.05, 3.63) is 52.1 Å². The normalized spacial score (nSPS) is 10.4. The van der Waals surface area contributed by atoms with E-state index >= 15 is 0 Å². The van der Waals surface area contributed by atoms with Gasteiger partial charge in [0.25, 0.3) is 0 Å². The molecule has 0 unspecified atom stereocenters. The number of carbonyl (C=O) groups excluding carboxylic acids is 2. The average Bonchev–Trinajstić information content (AvgIpc) is 2.76. The van der Waals surface area contributed by atoms with E-state index in [9.17, 15) is 14.0 Å². The third kappa shape index (κ3) is 3.28. The minimum atomic E-state index is -0.723. The second-order valence-corrected chi connectivity index (χ2v) is 4.54. The molecule has 0 spiro atoms. The Bertz CT molecular complexity index is 685. The summed E-state index contributed by atoms with van der Waals surface area (Å²) in [4.78, 5) is 22.8. The van der Waals surface area contributed by atoms with E-state index in [1.165, 1.54) is 16.8 Å². The van der Waals surface area contributed by atoms with Crippen molar-refractivity contribution >= 4 is 23.9 Å². The highest BCUT2D eigenvalue weighted by Crippen LogP contribution is 2.20. The van der Waals surface area contributed by atoms with E-state index in [0.29, 0.717) is 11.8 Å². The molecule has 0 saturated carbocycles. The van der Waals surface area contributed by atoms with E-state index in [1.54, 1.807) is 19.1 Å². The van der Waals surface area contributed by atoms with Gasteiger partial charge in [-0.1, -0.05) is 23.7 Å². The number of halogens is 2. The molecular weight excluding hydrogens is 299 g/mol. The predicted molar refractivity (Wildman–Crippen MR) is 74.1 cm³/mol. The lowest BCUT2D eigenvalue weighted by atomic mass is 10.2. The van der Waals surface area contributed by atoms with Crippen molar-refractivity contribution in [2.24, 2.45) is 0 Å². The van der Waals surface area contributed by atoms with Gasteiger partial charge in [-0.25, -0.2) is 13.9 Å². The van der Waals surface area contributed by atoms with Crippen LogP contribution in [0.5, 0.6) is 0 Å². The van der Waals surface area contributed by atoms with Gasteiger partial charge in [-0.2, -0.15) is 5.10 Å². The van der Waals surface area contributed by atoms with Gasteiger partial charge < -0.3 is 4.74 Å². The Morgan fingerprint density at radius 1 is 1.52 bits per heavy atom. The number of ether oxygens (including phenoxy) is 1. The van der Waals surface area contributed by atoms with E-state index in [4.69, 9.17) is 16.3 Å². The monoisotopic (exact) mass is 310 g/mol. The molecule has 1 heterocycles. The van der Waals surface area contributed by atoms with Crippen molar-refractivity contribution in [3.63, 3.8) is 0 Å². The molecule has 2 aromatic rings. The highest BCUT2D eigenvalue weighted by molar-refractivity contribution is 6.32. The summed E-state index contributed by atoms with van der Waals surface area (Å²) in [5.74, 6) is -1.11. The largest absolute Gasteiger partial charge is 0.461 e. The van der Waals surface area contributed by atoms with Crippen LogP contribution >= 0.6 is 11.6 Å². The van der Waals surface area contributed by atoms with Crippen LogP contribution in [0.3, 0.4) is 0 Å². The molecule has 7 heteroatoms. The molecule has 21 heavy (non-hydrogen) atoms. The summed E-state index contributed by atoms with van der Waals surface area (Å²) in [5, 5.41) is 3.99. The summed E-state index contributed by atoms with van der Waals surface area (Å²) in [7, 11) is 0. The number of hydrogen-bond acceptors (Lipinski definition) is 4. The van der Waals surface area contributed by atoms with Crippen LogP contribution in [0, 0.1) is 5.82 Å². The number of rotatable bonds is 5. The number of hydrogen-bond donors (Lipinski definition) is 0. The Kier molecular flexibility index (Phi) is 4.70. The predicted octanol–water partition coefficient (Wildman–Crippen LogP) is 2.71. The average molecular weight is 311 g/mol. The first-order chi connectivity index (χ1) is 10.1. The summed E-state index contributed by atoms with van der Waals surface area (Å²) < 4.78 is 19.2. The van der Waals surface area contributed by atoms with Crippen LogP contribution in [0.25, 0.3) is 0 Å². The Balaban J connectivity index is 2.36. The van der Waals surface area contributed by atoms with Crippen molar-refractivity contribution < 1.29 is 18.7 Å². The molecule has 0 amide bonds. The topological polar surface area (TPSA) is 61.2 Å². The molecule has 0 atom stereocenters. The second kappa shape index (κ2) is 6.49. The van der Waals surface area contributed by atoms with E-state index in [0.717, 1.165) is 0 Å². The van der Waals surface area contributed by atoms with Gasteiger partial charge in [-0.05, 0) is 24.6 Å². The lowest BCUT2D eigenvalue weighted by molar-refractivity contribution is 0.0516. The van der Waals surface area contributed by atoms with Crippen LogP contribution in [0.1, 0.15) is 33.3 Å². The van der Waals surface area contributed by atoms with Crippen LogP contribution in [-0.4, -0.2) is 28.6 Å². The zero-order valence-corrected chi connectivity index (χ0v) is 11.9. The van der Waals surface area contributed by atoms with Gasteiger partial charge >= 0.3 is 5.97 Å². The molecular formula is C14H12ClFN2O3. The molecule has 0 saturated heterocycles. The van der Waals surface area contributed by atoms with E-state index in [2.05, 4.69) is 5.10 Å². The van der Waals surface area contributed by atoms with Gasteiger partial charge in [0.1, 0.15) is 11.0 Å². The Morgan fingerprint density at radius 2 is 2.29 bits per heavy atom. The third-order valence-electron chi connectivity index (χ3n) is 2.73. The second-order valence-electron chi connectivity index (χ2n) is 4.18. The summed E-state index contributed by atoms with van der Waals surface area (Å²) >= 11 is 6.03. The van der Waals surface area contributed by atoms with Gasteiger partial charge in [0.15, 0.2) is 12.0 Å². The Morgan fingerprint density at radius 3 is 2.90 bits per heavy atom. The van der Waals surface area contributed by atoms with Crippen LogP contribution in [0.4, 0.5) is 4.39 Å². The zero-order valence-electron chi connectivity index (χ0n) is 11.2. The number of carbonyl (C=O) groups is 2. The minimum absolute atomic E-state index is 0.0114. The minimum Gasteiger partial charge on any atom is -0.461 e. The highest BCUT2D eigenvalue weighted by Gasteiger charge is 2.22. The highest BCUT2D eigenvalue weighted by atomic mass is 35.5. The fourth-order valence-electron chi connectivity index (χ4n) is 1.82. The van der Waals surface area contributed by atoms with Gasteiger partial charge in [-0.15, -0.1) is 0 Å². The maximum atomic E-state index is 13.2. The number of aromatic nitrogens is 2. The van der Waals surface area contributed by atoms with Crippen LogP contribution in [-0.2, 0) is 11.3 Å². The molecule has 1 aromatic carbocycles. The molecule has 110 valence electrons. The summed E-state index contributed by atoms with van der Waals surface area (Å²) in [6.07, 6.45) is 0.448. The molecule has 1 aromatic heterocycles. The smallest absolute Gasteiger partial charge is 0.359 e. The van der Waals surface area contributed by atoms with Crippen molar-refractivity contribution in [2.75, 3.05) is 6.61 Å². The van der Waals surface area contributed by atoms with E-state index in [-0.39, 0.29) is 29.6 Å².